The largest absolute Gasteiger partial charge is 0.490 e. The van der Waals surface area contributed by atoms with E-state index in [1.54, 1.807) is 0 Å². The summed E-state index contributed by atoms with van der Waals surface area (Å²) in [5.74, 6) is -2.76. The number of aromatic amines is 1. The van der Waals surface area contributed by atoms with E-state index in [9.17, 15) is 31.1 Å². The molecule has 6 nitrogen and oxygen atoms in total. The Morgan fingerprint density at radius 1 is 1.16 bits per heavy atom. The Balaban J connectivity index is 0.000000277. The van der Waals surface area contributed by atoms with Gasteiger partial charge in [0.05, 0.1) is 22.6 Å². The average molecular weight is 371 g/mol. The van der Waals surface area contributed by atoms with Crippen molar-refractivity contribution in [2.75, 3.05) is 13.1 Å². The van der Waals surface area contributed by atoms with Crippen LogP contribution in [-0.2, 0) is 11.0 Å². The Morgan fingerprint density at radius 3 is 2.12 bits per heavy atom. The van der Waals surface area contributed by atoms with Crippen LogP contribution >= 0.6 is 0 Å². The Morgan fingerprint density at radius 2 is 1.72 bits per heavy atom. The van der Waals surface area contributed by atoms with Gasteiger partial charge in [-0.05, 0) is 12.1 Å². The van der Waals surface area contributed by atoms with Gasteiger partial charge >= 0.3 is 24.0 Å². The molecule has 1 aliphatic heterocycles. The number of imidazole rings is 1. The molecule has 0 saturated carbocycles. The normalized spacial score (nSPS) is 15.4. The molecule has 3 rings (SSSR count). The molecule has 1 saturated heterocycles. The molecular formula is C13H11F6N3O3. The summed E-state index contributed by atoms with van der Waals surface area (Å²) in [6, 6.07) is 3.56. The molecule has 2 aromatic rings. The van der Waals surface area contributed by atoms with E-state index >= 15 is 0 Å². The van der Waals surface area contributed by atoms with Crippen LogP contribution < -0.4 is 11.0 Å². The highest BCUT2D eigenvalue weighted by atomic mass is 19.4. The fourth-order valence-electron chi connectivity index (χ4n) is 2.21. The second kappa shape index (κ2) is 6.43. The predicted molar refractivity (Wildman–Crippen MR) is 73.2 cm³/mol. The lowest BCUT2D eigenvalue weighted by molar-refractivity contribution is -0.192. The fourth-order valence-corrected chi connectivity index (χ4v) is 2.21. The first kappa shape index (κ1) is 18.8. The van der Waals surface area contributed by atoms with E-state index < -0.39 is 29.6 Å². The van der Waals surface area contributed by atoms with E-state index in [2.05, 4.69) is 10.3 Å². The number of H-pyrrole nitrogens is 1. The number of benzene rings is 1. The molecule has 3 N–H and O–H groups in total. The number of aromatic nitrogens is 2. The number of para-hydroxylation sites is 1. The molecule has 0 unspecified atom stereocenters. The third kappa shape index (κ3) is 3.95. The summed E-state index contributed by atoms with van der Waals surface area (Å²) < 4.78 is 71.8. The average Bonchev–Trinajstić information content (AvgIpc) is 2.72. The number of hydrogen-bond acceptors (Lipinski definition) is 3. The van der Waals surface area contributed by atoms with Crippen molar-refractivity contribution in [3.05, 3.63) is 34.2 Å². The van der Waals surface area contributed by atoms with Crippen molar-refractivity contribution >= 4 is 17.0 Å². The summed E-state index contributed by atoms with van der Waals surface area (Å²) in [5.41, 5.74) is -1.10. The molecule has 1 aliphatic rings. The Kier molecular flexibility index (Phi) is 4.84. The topological polar surface area (TPSA) is 87.1 Å². The SMILES string of the molecule is O=C(O)C(F)(F)F.O=c1[nH]c2cccc(C(F)(F)F)c2n1C1CNC1. The molecule has 0 atom stereocenters. The molecule has 1 fully saturated rings. The molecule has 2 heterocycles. The van der Waals surface area contributed by atoms with E-state index in [1.165, 1.54) is 16.7 Å². The first-order chi connectivity index (χ1) is 11.4. The maximum atomic E-state index is 12.9. The number of carbonyl (C=O) groups is 1. The number of aliphatic carboxylic acids is 1. The Bertz CT molecular complexity index is 832. The molecule has 0 aliphatic carbocycles. The van der Waals surface area contributed by atoms with Crippen LogP contribution in [-0.4, -0.2) is 39.9 Å². The maximum Gasteiger partial charge on any atom is 0.490 e. The lowest BCUT2D eigenvalue weighted by atomic mass is 10.1. The number of carboxylic acid groups (broad SMARTS) is 1. The van der Waals surface area contributed by atoms with E-state index in [0.717, 1.165) is 6.07 Å². The minimum atomic E-state index is -5.08. The van der Waals surface area contributed by atoms with Crippen LogP contribution in [0.2, 0.25) is 0 Å². The zero-order valence-corrected chi connectivity index (χ0v) is 12.2. The smallest absolute Gasteiger partial charge is 0.475 e. The number of carboxylic acids is 1. The van der Waals surface area contributed by atoms with Crippen LogP contribution in [0.5, 0.6) is 0 Å². The number of nitrogens with zero attached hydrogens (tertiary/aromatic N) is 1. The number of rotatable bonds is 1. The summed E-state index contributed by atoms with van der Waals surface area (Å²) >= 11 is 0. The van der Waals surface area contributed by atoms with Gasteiger partial charge < -0.3 is 15.4 Å². The molecule has 0 bridgehead atoms. The van der Waals surface area contributed by atoms with Crippen molar-refractivity contribution in [3.8, 4) is 0 Å². The number of halogens is 6. The third-order valence-corrected chi connectivity index (χ3v) is 3.41. The van der Waals surface area contributed by atoms with Gasteiger partial charge in [-0.25, -0.2) is 9.59 Å². The molecular weight excluding hydrogens is 360 g/mol. The molecule has 25 heavy (non-hydrogen) atoms. The van der Waals surface area contributed by atoms with Crippen LogP contribution in [0.4, 0.5) is 26.3 Å². The predicted octanol–water partition coefficient (Wildman–Crippen LogP) is 2.13. The minimum Gasteiger partial charge on any atom is -0.475 e. The summed E-state index contributed by atoms with van der Waals surface area (Å²) in [6.45, 7) is 1.03. The van der Waals surface area contributed by atoms with Gasteiger partial charge in [-0.15, -0.1) is 0 Å². The van der Waals surface area contributed by atoms with Crippen LogP contribution in [0.1, 0.15) is 11.6 Å². The number of fused-ring (bicyclic) bond motifs is 1. The number of alkyl halides is 6. The molecule has 0 radical (unpaired) electrons. The van der Waals surface area contributed by atoms with E-state index in [1.807, 2.05) is 0 Å². The zero-order chi connectivity index (χ0) is 19.0. The second-order valence-corrected chi connectivity index (χ2v) is 5.11. The maximum absolute atomic E-state index is 12.9. The summed E-state index contributed by atoms with van der Waals surface area (Å²) in [5, 5.41) is 10.1. The van der Waals surface area contributed by atoms with Crippen molar-refractivity contribution in [2.24, 2.45) is 0 Å². The summed E-state index contributed by atoms with van der Waals surface area (Å²) in [7, 11) is 0. The zero-order valence-electron chi connectivity index (χ0n) is 12.2. The first-order valence-corrected chi connectivity index (χ1v) is 6.74. The van der Waals surface area contributed by atoms with Gasteiger partial charge in [0.25, 0.3) is 0 Å². The van der Waals surface area contributed by atoms with Gasteiger partial charge in [-0.3, -0.25) is 4.57 Å². The van der Waals surface area contributed by atoms with Gasteiger partial charge in [0.1, 0.15) is 0 Å². The molecule has 12 heteroatoms. The van der Waals surface area contributed by atoms with Crippen molar-refractivity contribution in [3.63, 3.8) is 0 Å². The van der Waals surface area contributed by atoms with Crippen LogP contribution in [0.25, 0.3) is 11.0 Å². The van der Waals surface area contributed by atoms with Crippen LogP contribution in [0.15, 0.2) is 23.0 Å². The lowest BCUT2D eigenvalue weighted by Gasteiger charge is -2.28. The summed E-state index contributed by atoms with van der Waals surface area (Å²) in [4.78, 5) is 23.1. The molecule has 1 aromatic carbocycles. The van der Waals surface area contributed by atoms with Crippen molar-refractivity contribution in [2.45, 2.75) is 18.4 Å². The van der Waals surface area contributed by atoms with Gasteiger partial charge in [-0.2, -0.15) is 26.3 Å². The Hall–Kier alpha value is -2.50. The summed E-state index contributed by atoms with van der Waals surface area (Å²) in [6.07, 6.45) is -9.55. The highest BCUT2D eigenvalue weighted by molar-refractivity contribution is 5.80. The second-order valence-electron chi connectivity index (χ2n) is 5.11. The highest BCUT2D eigenvalue weighted by Gasteiger charge is 2.38. The van der Waals surface area contributed by atoms with Crippen molar-refractivity contribution < 1.29 is 36.2 Å². The van der Waals surface area contributed by atoms with Crippen LogP contribution in [0, 0.1) is 0 Å². The lowest BCUT2D eigenvalue weighted by Crippen LogP contribution is -2.46. The van der Waals surface area contributed by atoms with Gasteiger partial charge in [0.2, 0.25) is 0 Å². The quantitative estimate of drug-likeness (QED) is 0.671. The monoisotopic (exact) mass is 371 g/mol. The molecule has 1 aromatic heterocycles. The highest BCUT2D eigenvalue weighted by Crippen LogP contribution is 2.34. The van der Waals surface area contributed by atoms with E-state index in [4.69, 9.17) is 9.90 Å². The molecule has 138 valence electrons. The third-order valence-electron chi connectivity index (χ3n) is 3.41. The minimum absolute atomic E-state index is 0.0542. The standard InChI is InChI=1S/C11H10F3N3O.C2HF3O2/c12-11(13,14)7-2-1-3-8-9(7)17(10(18)16-8)6-4-15-5-6;3-2(4,5)1(6)7/h1-3,6,15H,4-5H2,(H,16,18);(H,6,7). The number of hydrogen-bond donors (Lipinski definition) is 3. The Labute approximate surface area is 135 Å². The van der Waals surface area contributed by atoms with Gasteiger partial charge in [0, 0.05) is 13.1 Å². The van der Waals surface area contributed by atoms with E-state index in [0.29, 0.717) is 13.1 Å². The van der Waals surface area contributed by atoms with Gasteiger partial charge in [0.15, 0.2) is 0 Å². The van der Waals surface area contributed by atoms with Gasteiger partial charge in [-0.1, -0.05) is 6.07 Å². The fraction of sp³-hybridized carbons (Fsp3) is 0.385. The van der Waals surface area contributed by atoms with E-state index in [-0.39, 0.29) is 17.1 Å². The molecule has 0 spiro atoms. The molecule has 0 amide bonds. The van der Waals surface area contributed by atoms with Crippen molar-refractivity contribution in [1.82, 2.24) is 14.9 Å². The van der Waals surface area contributed by atoms with Crippen LogP contribution in [0.3, 0.4) is 0 Å². The number of nitrogens with one attached hydrogen (secondary N) is 2. The van der Waals surface area contributed by atoms with Crippen molar-refractivity contribution in [1.29, 1.82) is 0 Å². The first-order valence-electron chi connectivity index (χ1n) is 6.74.